The van der Waals surface area contributed by atoms with Gasteiger partial charge in [0.15, 0.2) is 23.0 Å². The van der Waals surface area contributed by atoms with E-state index in [-0.39, 0.29) is 12.1 Å². The molecule has 2 aromatic carbocycles. The maximum Gasteiger partial charge on any atom is 0.407 e. The van der Waals surface area contributed by atoms with Crippen LogP contribution in [0.25, 0.3) is 11.8 Å². The van der Waals surface area contributed by atoms with E-state index in [0.717, 1.165) is 74.5 Å². The molecule has 0 bridgehead atoms. The van der Waals surface area contributed by atoms with E-state index in [0.29, 0.717) is 25.9 Å². The summed E-state index contributed by atoms with van der Waals surface area (Å²) in [5.41, 5.74) is 5.96. The summed E-state index contributed by atoms with van der Waals surface area (Å²) in [5.74, 6) is 4.04. The van der Waals surface area contributed by atoms with Gasteiger partial charge in [-0.2, -0.15) is 0 Å². The molecule has 244 valence electrons. The van der Waals surface area contributed by atoms with Crippen molar-refractivity contribution in [3.63, 3.8) is 0 Å². The number of fused-ring (bicyclic) bond motifs is 5. The predicted octanol–water partition coefficient (Wildman–Crippen LogP) is 8.27. The fourth-order valence-corrected chi connectivity index (χ4v) is 7.41. The van der Waals surface area contributed by atoms with Crippen LogP contribution in [0.1, 0.15) is 113 Å². The first kappa shape index (κ1) is 31.4. The second kappa shape index (κ2) is 13.8. The van der Waals surface area contributed by atoms with Crippen LogP contribution in [-0.2, 0) is 11.2 Å². The second-order valence-electron chi connectivity index (χ2n) is 13.8. The Morgan fingerprint density at radius 2 is 1.73 bits per heavy atom. The number of unbranched alkanes of at least 4 members (excludes halogenated alkanes) is 5. The average Bonchev–Trinajstić information content (AvgIpc) is 3.71. The fraction of sp³-hybridized carbons (Fsp3) is 0.595. The molecule has 1 saturated carbocycles. The highest BCUT2D eigenvalue weighted by molar-refractivity contribution is 5.88. The molecule has 0 radical (unpaired) electrons. The van der Waals surface area contributed by atoms with E-state index in [1.54, 1.807) is 7.11 Å². The fourth-order valence-electron chi connectivity index (χ4n) is 7.41. The number of amides is 1. The second-order valence-corrected chi connectivity index (χ2v) is 13.8. The minimum Gasteiger partial charge on any atom is -0.493 e. The number of nitrogens with one attached hydrogen (secondary N) is 1. The zero-order valence-corrected chi connectivity index (χ0v) is 27.5. The Hall–Kier alpha value is -3.55. The van der Waals surface area contributed by atoms with Crippen molar-refractivity contribution in [3.05, 3.63) is 46.5 Å². The van der Waals surface area contributed by atoms with E-state index in [4.69, 9.17) is 23.7 Å². The number of methoxy groups -OCH3 is 1. The van der Waals surface area contributed by atoms with Crippen LogP contribution in [-0.4, -0.2) is 50.2 Å². The smallest absolute Gasteiger partial charge is 0.407 e. The van der Waals surface area contributed by atoms with E-state index < -0.39 is 5.60 Å². The Morgan fingerprint density at radius 1 is 1.00 bits per heavy atom. The largest absolute Gasteiger partial charge is 0.493 e. The van der Waals surface area contributed by atoms with Crippen molar-refractivity contribution < 1.29 is 28.5 Å². The highest BCUT2D eigenvalue weighted by atomic mass is 16.7. The van der Waals surface area contributed by atoms with Gasteiger partial charge in [0.2, 0.25) is 6.79 Å². The number of hydrogen-bond acceptors (Lipinski definition) is 7. The third-order valence-electron chi connectivity index (χ3n) is 9.48. The summed E-state index contributed by atoms with van der Waals surface area (Å²) >= 11 is 0. The quantitative estimate of drug-likeness (QED) is 0.240. The van der Waals surface area contributed by atoms with Gasteiger partial charge in [0.05, 0.1) is 19.8 Å². The zero-order valence-electron chi connectivity index (χ0n) is 27.5. The standard InChI is InChI=1S/C37H50N2O6/c1-37(2,3)45-36(40)38-18-11-7-5-6-8-12-20-42-35-30(41-4)16-15-27-21-29-28-23-32-31(43-24-44-32)22-26(28)17-19-39(29)34(33(27)35)25-13-9-10-14-25/h15-16,21-23,25,34H,5-14,17-20,24H2,1-4H3,(H,38,40). The molecule has 0 aromatic heterocycles. The van der Waals surface area contributed by atoms with Gasteiger partial charge in [0.25, 0.3) is 0 Å². The molecule has 1 fully saturated rings. The van der Waals surface area contributed by atoms with E-state index in [9.17, 15) is 4.79 Å². The number of ether oxygens (including phenoxy) is 5. The van der Waals surface area contributed by atoms with Crippen molar-refractivity contribution >= 4 is 17.9 Å². The molecular weight excluding hydrogens is 568 g/mol. The van der Waals surface area contributed by atoms with Gasteiger partial charge in [0, 0.05) is 29.9 Å². The molecule has 8 heteroatoms. The normalized spacial score (nSPS) is 18.5. The summed E-state index contributed by atoms with van der Waals surface area (Å²) in [6, 6.07) is 8.91. The molecule has 6 rings (SSSR count). The predicted molar refractivity (Wildman–Crippen MR) is 176 cm³/mol. The first-order chi connectivity index (χ1) is 21.8. The summed E-state index contributed by atoms with van der Waals surface area (Å²) in [7, 11) is 1.75. The number of carbonyl (C=O) groups excluding carboxylic acids is 1. The molecular formula is C37H50N2O6. The molecule has 0 spiro atoms. The summed E-state index contributed by atoms with van der Waals surface area (Å²) in [6.45, 7) is 8.24. The molecule has 2 aromatic rings. The summed E-state index contributed by atoms with van der Waals surface area (Å²) in [5, 5.41) is 2.85. The van der Waals surface area contributed by atoms with Crippen LogP contribution in [0, 0.1) is 5.92 Å². The van der Waals surface area contributed by atoms with Gasteiger partial charge in [-0.1, -0.05) is 44.6 Å². The van der Waals surface area contributed by atoms with Crippen LogP contribution in [0.2, 0.25) is 0 Å². The van der Waals surface area contributed by atoms with Crippen LogP contribution in [0.3, 0.4) is 0 Å². The van der Waals surface area contributed by atoms with Gasteiger partial charge in [-0.3, -0.25) is 0 Å². The van der Waals surface area contributed by atoms with Crippen molar-refractivity contribution in [1.82, 2.24) is 10.2 Å². The van der Waals surface area contributed by atoms with Crippen molar-refractivity contribution in [2.24, 2.45) is 5.92 Å². The first-order valence-electron chi connectivity index (χ1n) is 17.0. The van der Waals surface area contributed by atoms with E-state index in [2.05, 4.69) is 40.6 Å². The molecule has 8 nitrogen and oxygen atoms in total. The maximum absolute atomic E-state index is 11.8. The van der Waals surface area contributed by atoms with Crippen molar-refractivity contribution in [2.45, 2.75) is 103 Å². The molecule has 1 unspecified atom stereocenters. The Bertz CT molecular complexity index is 1390. The summed E-state index contributed by atoms with van der Waals surface area (Å²) in [6.07, 6.45) is 14.5. The molecule has 1 aliphatic carbocycles. The van der Waals surface area contributed by atoms with Crippen LogP contribution in [0.15, 0.2) is 24.3 Å². The molecule has 3 aliphatic heterocycles. The SMILES string of the molecule is COc1ccc2c(c1OCCCCCCCCNC(=O)OC(C)(C)C)C(C1CCCC1)N1CCc3cc4c(cc3C1=C2)OCO4. The molecule has 1 atom stereocenters. The number of nitrogens with zero attached hydrogens (tertiary/aromatic N) is 1. The topological polar surface area (TPSA) is 78.5 Å². The minimum absolute atomic E-state index is 0.264. The van der Waals surface area contributed by atoms with Crippen molar-refractivity contribution in [1.29, 1.82) is 0 Å². The van der Waals surface area contributed by atoms with Gasteiger partial charge >= 0.3 is 6.09 Å². The third kappa shape index (κ3) is 7.15. The summed E-state index contributed by atoms with van der Waals surface area (Å²) in [4.78, 5) is 14.4. The Morgan fingerprint density at radius 3 is 2.49 bits per heavy atom. The van der Waals surface area contributed by atoms with Crippen LogP contribution < -0.4 is 24.3 Å². The van der Waals surface area contributed by atoms with E-state index in [1.807, 2.05) is 20.8 Å². The van der Waals surface area contributed by atoms with Crippen molar-refractivity contribution in [2.75, 3.05) is 33.6 Å². The van der Waals surface area contributed by atoms with Crippen LogP contribution in [0.4, 0.5) is 4.79 Å². The first-order valence-corrected chi connectivity index (χ1v) is 17.0. The van der Waals surface area contributed by atoms with Gasteiger partial charge in [-0.05, 0) is 94.2 Å². The van der Waals surface area contributed by atoms with Gasteiger partial charge in [0.1, 0.15) is 5.60 Å². The van der Waals surface area contributed by atoms with Gasteiger partial charge in [-0.25, -0.2) is 4.79 Å². The van der Waals surface area contributed by atoms with Gasteiger partial charge in [-0.15, -0.1) is 0 Å². The van der Waals surface area contributed by atoms with E-state index >= 15 is 0 Å². The number of alkyl carbamates (subject to hydrolysis) is 1. The lowest BCUT2D eigenvalue weighted by Gasteiger charge is -2.46. The molecule has 45 heavy (non-hydrogen) atoms. The highest BCUT2D eigenvalue weighted by Gasteiger charge is 2.41. The number of benzene rings is 2. The average molecular weight is 619 g/mol. The van der Waals surface area contributed by atoms with E-state index in [1.165, 1.54) is 53.6 Å². The Kier molecular flexibility index (Phi) is 9.67. The Balaban J connectivity index is 1.11. The number of hydrogen-bond donors (Lipinski definition) is 1. The van der Waals surface area contributed by atoms with Crippen LogP contribution >= 0.6 is 0 Å². The van der Waals surface area contributed by atoms with Crippen LogP contribution in [0.5, 0.6) is 23.0 Å². The molecule has 0 saturated heterocycles. The highest BCUT2D eigenvalue weighted by Crippen LogP contribution is 2.54. The van der Waals surface area contributed by atoms with Crippen molar-refractivity contribution in [3.8, 4) is 23.0 Å². The monoisotopic (exact) mass is 618 g/mol. The lowest BCUT2D eigenvalue weighted by Crippen LogP contribution is -2.38. The zero-order chi connectivity index (χ0) is 31.4. The molecule has 1 amide bonds. The summed E-state index contributed by atoms with van der Waals surface area (Å²) < 4.78 is 29.4. The molecule has 4 aliphatic rings. The minimum atomic E-state index is -0.460. The molecule has 3 heterocycles. The Labute approximate surface area is 268 Å². The number of carbonyl (C=O) groups is 1. The maximum atomic E-state index is 11.8. The molecule has 1 N–H and O–H groups in total. The lowest BCUT2D eigenvalue weighted by atomic mass is 9.80. The number of rotatable bonds is 12. The lowest BCUT2D eigenvalue weighted by molar-refractivity contribution is 0.0527. The third-order valence-corrected chi connectivity index (χ3v) is 9.48. The van der Waals surface area contributed by atoms with Gasteiger partial charge < -0.3 is 33.9 Å².